The highest BCUT2D eigenvalue weighted by Gasteiger charge is 2.64. The number of rotatable bonds is 2. The van der Waals surface area contributed by atoms with Crippen LogP contribution in [-0.2, 0) is 19.1 Å². The number of allylic oxidation sites excluding steroid dienone is 2. The van der Waals surface area contributed by atoms with Crippen molar-refractivity contribution in [2.75, 3.05) is 0 Å². The Morgan fingerprint density at radius 1 is 1.17 bits per heavy atom. The minimum atomic E-state index is -1.29. The van der Waals surface area contributed by atoms with Crippen molar-refractivity contribution >= 4 is 17.7 Å². The second-order valence-corrected chi connectivity index (χ2v) is 9.76. The first-order valence-electron chi connectivity index (χ1n) is 11.2. The molecule has 2 aliphatic heterocycles. The number of carbonyl (C=O) groups is 3. The molecule has 0 aromatic carbocycles. The standard InChI is InChI=1S/C24H35NO5/c1-13(2)10-18-22-16(5)15(4)12-17-11-14(3)6-7-19(26)20(27)8-9-21(28)30-24(17,22)23(29)25-18/h11-13,16-18,20,22,27H,6-10H2,1-5H3,(H,25,29)/b14-11-/t16-,17+,18+,20+,22+,24-/m1/s1. The number of Topliss-reactive ketones (excluding diaryl/α,β-unsaturated/α-hetero) is 1. The van der Waals surface area contributed by atoms with Crippen molar-refractivity contribution in [3.05, 3.63) is 23.3 Å². The average Bonchev–Trinajstić information content (AvgIpc) is 2.93. The summed E-state index contributed by atoms with van der Waals surface area (Å²) in [6.07, 6.45) is 4.35. The highest BCUT2D eigenvalue weighted by molar-refractivity contribution is 5.92. The molecule has 0 aromatic rings. The van der Waals surface area contributed by atoms with Crippen LogP contribution in [0.4, 0.5) is 0 Å². The third kappa shape index (κ3) is 4.11. The zero-order chi connectivity index (χ0) is 22.2. The van der Waals surface area contributed by atoms with E-state index in [1.807, 2.05) is 13.0 Å². The van der Waals surface area contributed by atoms with Gasteiger partial charge in [0.15, 0.2) is 5.78 Å². The van der Waals surface area contributed by atoms with Crippen LogP contribution in [0.2, 0.25) is 0 Å². The number of esters is 1. The third-order valence-corrected chi connectivity index (χ3v) is 7.03. The van der Waals surface area contributed by atoms with E-state index in [0.717, 1.165) is 12.0 Å². The van der Waals surface area contributed by atoms with Crippen LogP contribution in [0, 0.1) is 23.7 Å². The molecule has 166 valence electrons. The van der Waals surface area contributed by atoms with Gasteiger partial charge < -0.3 is 15.2 Å². The number of hydrogen-bond donors (Lipinski definition) is 2. The lowest BCUT2D eigenvalue weighted by atomic mass is 9.63. The first-order valence-corrected chi connectivity index (χ1v) is 11.2. The number of amides is 1. The molecule has 0 unspecified atom stereocenters. The molecule has 1 amide bonds. The molecule has 0 bridgehead atoms. The largest absolute Gasteiger partial charge is 0.448 e. The highest BCUT2D eigenvalue weighted by atomic mass is 16.6. The molecule has 6 atom stereocenters. The molecule has 2 N–H and O–H groups in total. The van der Waals surface area contributed by atoms with Gasteiger partial charge in [0, 0.05) is 30.7 Å². The molecule has 3 rings (SSSR count). The van der Waals surface area contributed by atoms with Crippen LogP contribution in [0.5, 0.6) is 0 Å². The Balaban J connectivity index is 2.11. The van der Waals surface area contributed by atoms with Gasteiger partial charge in [-0.1, -0.05) is 44.1 Å². The van der Waals surface area contributed by atoms with Gasteiger partial charge in [-0.2, -0.15) is 0 Å². The van der Waals surface area contributed by atoms with Crippen molar-refractivity contribution in [2.24, 2.45) is 23.7 Å². The molecular formula is C24H35NO5. The predicted molar refractivity (Wildman–Crippen MR) is 113 cm³/mol. The third-order valence-electron chi connectivity index (χ3n) is 7.03. The maximum Gasteiger partial charge on any atom is 0.307 e. The van der Waals surface area contributed by atoms with E-state index in [4.69, 9.17) is 4.74 Å². The summed E-state index contributed by atoms with van der Waals surface area (Å²) in [4.78, 5) is 38.4. The van der Waals surface area contributed by atoms with Crippen LogP contribution in [0.25, 0.3) is 0 Å². The lowest BCUT2D eigenvalue weighted by Crippen LogP contribution is -2.56. The minimum Gasteiger partial charge on any atom is -0.448 e. The maximum atomic E-state index is 13.4. The van der Waals surface area contributed by atoms with Crippen molar-refractivity contribution in [1.29, 1.82) is 0 Å². The Kier molecular flexibility index (Phi) is 6.56. The summed E-state index contributed by atoms with van der Waals surface area (Å²) < 4.78 is 6.05. The van der Waals surface area contributed by atoms with Gasteiger partial charge in [-0.3, -0.25) is 14.4 Å². The summed E-state index contributed by atoms with van der Waals surface area (Å²) >= 11 is 0. The topological polar surface area (TPSA) is 92.7 Å². The van der Waals surface area contributed by atoms with Crippen molar-refractivity contribution in [1.82, 2.24) is 5.32 Å². The van der Waals surface area contributed by atoms with Gasteiger partial charge in [-0.15, -0.1) is 0 Å². The molecule has 1 spiro atoms. The van der Waals surface area contributed by atoms with Gasteiger partial charge >= 0.3 is 5.97 Å². The van der Waals surface area contributed by atoms with Crippen molar-refractivity contribution in [2.45, 2.75) is 84.5 Å². The number of aliphatic hydroxyl groups is 1. The fourth-order valence-corrected chi connectivity index (χ4v) is 5.36. The molecule has 0 aromatic heterocycles. The van der Waals surface area contributed by atoms with Gasteiger partial charge in [0.05, 0.1) is 0 Å². The van der Waals surface area contributed by atoms with E-state index in [2.05, 4.69) is 39.1 Å². The number of ketones is 1. The SMILES string of the molecule is CC1=C[C@@H]2/C=C(/C)CCC(=O)[C@@H](O)CCC(=O)O[C@]23C(=O)N[C@@H](CC(C)C)[C@@H]3[C@@H]1C. The summed E-state index contributed by atoms with van der Waals surface area (Å²) in [5.74, 6) is -1.09. The van der Waals surface area contributed by atoms with E-state index in [1.54, 1.807) is 0 Å². The smallest absolute Gasteiger partial charge is 0.307 e. The Labute approximate surface area is 179 Å². The van der Waals surface area contributed by atoms with Gasteiger partial charge in [0.2, 0.25) is 5.60 Å². The predicted octanol–water partition coefficient (Wildman–Crippen LogP) is 3.09. The number of ether oxygens (including phenoxy) is 1. The molecule has 1 fully saturated rings. The first kappa shape index (κ1) is 22.7. The molecule has 3 aliphatic rings. The van der Waals surface area contributed by atoms with Crippen molar-refractivity contribution in [3.63, 3.8) is 0 Å². The first-order chi connectivity index (χ1) is 14.1. The zero-order valence-electron chi connectivity index (χ0n) is 18.7. The summed E-state index contributed by atoms with van der Waals surface area (Å²) in [5.41, 5.74) is 0.851. The second kappa shape index (κ2) is 8.66. The van der Waals surface area contributed by atoms with Crippen molar-refractivity contribution < 1.29 is 24.2 Å². The lowest BCUT2D eigenvalue weighted by molar-refractivity contribution is -0.177. The highest BCUT2D eigenvalue weighted by Crippen LogP contribution is 2.51. The number of hydrogen-bond acceptors (Lipinski definition) is 5. The Morgan fingerprint density at radius 3 is 2.53 bits per heavy atom. The molecule has 6 heteroatoms. The monoisotopic (exact) mass is 417 g/mol. The number of aliphatic hydroxyl groups excluding tert-OH is 1. The van der Waals surface area contributed by atoms with E-state index < -0.39 is 17.7 Å². The Bertz CT molecular complexity index is 782. The molecule has 1 saturated heterocycles. The minimum absolute atomic E-state index is 0.0211. The lowest BCUT2D eigenvalue weighted by Gasteiger charge is -2.45. The molecule has 30 heavy (non-hydrogen) atoms. The molecular weight excluding hydrogens is 382 g/mol. The van der Waals surface area contributed by atoms with Gasteiger partial charge in [0.1, 0.15) is 6.10 Å². The Morgan fingerprint density at radius 2 is 1.87 bits per heavy atom. The van der Waals surface area contributed by atoms with Crippen LogP contribution in [-0.4, -0.2) is 40.5 Å². The molecule has 2 heterocycles. The zero-order valence-corrected chi connectivity index (χ0v) is 18.7. The van der Waals surface area contributed by atoms with Crippen molar-refractivity contribution in [3.8, 4) is 0 Å². The van der Waals surface area contributed by atoms with E-state index in [-0.39, 0.29) is 54.7 Å². The molecule has 0 radical (unpaired) electrons. The fraction of sp³-hybridized carbons (Fsp3) is 0.708. The van der Waals surface area contributed by atoms with Crippen LogP contribution in [0.1, 0.15) is 66.7 Å². The summed E-state index contributed by atoms with van der Waals surface area (Å²) in [6, 6.07) is -0.0692. The maximum absolute atomic E-state index is 13.4. The van der Waals surface area contributed by atoms with Crippen LogP contribution < -0.4 is 5.32 Å². The van der Waals surface area contributed by atoms with E-state index in [0.29, 0.717) is 12.3 Å². The summed E-state index contributed by atoms with van der Waals surface area (Å²) in [6.45, 7) is 10.4. The fourth-order valence-electron chi connectivity index (χ4n) is 5.36. The van der Waals surface area contributed by atoms with Gasteiger partial charge in [-0.05, 0) is 44.9 Å². The average molecular weight is 418 g/mol. The Hall–Kier alpha value is -1.95. The van der Waals surface area contributed by atoms with E-state index in [9.17, 15) is 19.5 Å². The van der Waals surface area contributed by atoms with Crippen LogP contribution in [0.15, 0.2) is 23.3 Å². The van der Waals surface area contributed by atoms with Gasteiger partial charge in [-0.25, -0.2) is 0 Å². The molecule has 1 aliphatic carbocycles. The summed E-state index contributed by atoms with van der Waals surface area (Å²) in [7, 11) is 0. The summed E-state index contributed by atoms with van der Waals surface area (Å²) in [5, 5.41) is 13.2. The number of nitrogens with one attached hydrogen (secondary N) is 1. The van der Waals surface area contributed by atoms with Crippen LogP contribution >= 0.6 is 0 Å². The van der Waals surface area contributed by atoms with E-state index in [1.165, 1.54) is 5.57 Å². The quantitative estimate of drug-likeness (QED) is 0.532. The van der Waals surface area contributed by atoms with Gasteiger partial charge in [0.25, 0.3) is 5.91 Å². The molecule has 0 saturated carbocycles. The van der Waals surface area contributed by atoms with Crippen LogP contribution in [0.3, 0.4) is 0 Å². The number of carbonyl (C=O) groups excluding carboxylic acids is 3. The molecule has 6 nitrogen and oxygen atoms in total. The second-order valence-electron chi connectivity index (χ2n) is 9.76. The van der Waals surface area contributed by atoms with E-state index >= 15 is 0 Å². The normalized spacial score (nSPS) is 39.6.